The highest BCUT2D eigenvalue weighted by Gasteiger charge is 2.50. The molecule has 7 heteroatoms. The summed E-state index contributed by atoms with van der Waals surface area (Å²) in [4.78, 5) is 19.8. The van der Waals surface area contributed by atoms with Crippen molar-refractivity contribution >= 4 is 11.6 Å². The summed E-state index contributed by atoms with van der Waals surface area (Å²) in [5, 5.41) is 7.08. The molecule has 2 saturated heterocycles. The van der Waals surface area contributed by atoms with Crippen LogP contribution in [0, 0.1) is 17.8 Å². The maximum atomic E-state index is 12.9. The fraction of sp³-hybridized carbons (Fsp3) is 0.423. The molecule has 2 bridgehead atoms. The van der Waals surface area contributed by atoms with E-state index in [1.165, 1.54) is 5.56 Å². The molecule has 2 aliphatic carbocycles. The largest absolute Gasteiger partial charge is 0.485 e. The van der Waals surface area contributed by atoms with E-state index in [9.17, 15) is 4.79 Å². The molecule has 7 nitrogen and oxygen atoms in total. The van der Waals surface area contributed by atoms with Crippen LogP contribution in [0.5, 0.6) is 5.75 Å². The van der Waals surface area contributed by atoms with Crippen LogP contribution in [0.15, 0.2) is 59.1 Å². The second-order valence-corrected chi connectivity index (χ2v) is 9.59. The molecule has 2 aliphatic heterocycles. The third kappa shape index (κ3) is 4.50. The Morgan fingerprint density at radius 1 is 1.06 bits per heavy atom. The van der Waals surface area contributed by atoms with Gasteiger partial charge in [-0.15, -0.1) is 0 Å². The Hall–Kier alpha value is -3.19. The molecular formula is C26H28N4O3. The summed E-state index contributed by atoms with van der Waals surface area (Å²) >= 11 is 0. The first-order chi connectivity index (χ1) is 16.2. The van der Waals surface area contributed by atoms with Gasteiger partial charge in [0.25, 0.3) is 0 Å². The minimum atomic E-state index is 0.117. The van der Waals surface area contributed by atoms with E-state index in [1.54, 1.807) is 0 Å². The average Bonchev–Trinajstić information content (AvgIpc) is 3.57. The van der Waals surface area contributed by atoms with Gasteiger partial charge in [0.1, 0.15) is 5.75 Å². The van der Waals surface area contributed by atoms with Crippen LogP contribution in [0.25, 0.3) is 0 Å². The quantitative estimate of drug-likeness (QED) is 0.560. The van der Waals surface area contributed by atoms with E-state index in [0.717, 1.165) is 50.5 Å². The highest BCUT2D eigenvalue weighted by molar-refractivity contribution is 5.93. The number of amides is 1. The van der Waals surface area contributed by atoms with Crippen molar-refractivity contribution in [2.75, 3.05) is 18.4 Å². The van der Waals surface area contributed by atoms with Gasteiger partial charge in [0, 0.05) is 37.2 Å². The lowest BCUT2D eigenvalue weighted by Gasteiger charge is -2.52. The zero-order valence-electron chi connectivity index (χ0n) is 18.5. The van der Waals surface area contributed by atoms with Crippen LogP contribution >= 0.6 is 0 Å². The fourth-order valence-electron chi connectivity index (χ4n) is 5.21. The number of benzene rings is 2. The monoisotopic (exact) mass is 444 g/mol. The van der Waals surface area contributed by atoms with Crippen LogP contribution in [0.1, 0.15) is 42.5 Å². The van der Waals surface area contributed by atoms with Crippen molar-refractivity contribution in [3.05, 3.63) is 71.9 Å². The summed E-state index contributed by atoms with van der Waals surface area (Å²) < 4.78 is 11.0. The number of aromatic nitrogens is 2. The molecule has 1 N–H and O–H groups in total. The van der Waals surface area contributed by atoms with Gasteiger partial charge in [-0.2, -0.15) is 4.98 Å². The summed E-state index contributed by atoms with van der Waals surface area (Å²) in [5.74, 6) is 3.59. The number of hydrogen-bond donors (Lipinski definition) is 1. The highest BCUT2D eigenvalue weighted by atomic mass is 16.5. The Morgan fingerprint density at radius 2 is 1.82 bits per heavy atom. The molecule has 3 aromatic rings. The fourth-order valence-corrected chi connectivity index (χ4v) is 5.21. The van der Waals surface area contributed by atoms with Crippen LogP contribution in [0.4, 0.5) is 5.69 Å². The molecule has 2 aromatic carbocycles. The lowest BCUT2D eigenvalue weighted by molar-refractivity contribution is -0.136. The molecule has 1 aromatic heterocycles. The number of nitrogens with zero attached hydrogens (tertiary/aromatic N) is 3. The third-order valence-corrected chi connectivity index (χ3v) is 7.06. The Kier molecular flexibility index (Phi) is 5.34. The Morgan fingerprint density at radius 3 is 2.55 bits per heavy atom. The van der Waals surface area contributed by atoms with Crippen LogP contribution in [0.3, 0.4) is 0 Å². The first-order valence-corrected chi connectivity index (χ1v) is 11.8. The second-order valence-electron chi connectivity index (χ2n) is 9.59. The number of nitrogens with one attached hydrogen (secondary N) is 1. The van der Waals surface area contributed by atoms with E-state index in [0.29, 0.717) is 29.3 Å². The maximum Gasteiger partial charge on any atom is 0.229 e. The molecule has 7 rings (SSSR count). The number of rotatable bonds is 8. The minimum absolute atomic E-state index is 0.117. The van der Waals surface area contributed by atoms with Gasteiger partial charge in [0.2, 0.25) is 17.6 Å². The highest BCUT2D eigenvalue weighted by Crippen LogP contribution is 2.46. The van der Waals surface area contributed by atoms with Crippen molar-refractivity contribution in [3.8, 4) is 5.75 Å². The number of hydrogen-bond acceptors (Lipinski definition) is 6. The zero-order chi connectivity index (χ0) is 22.2. The molecule has 4 fully saturated rings. The van der Waals surface area contributed by atoms with Crippen molar-refractivity contribution in [2.24, 2.45) is 17.8 Å². The number of piperidine rings is 2. The molecule has 0 radical (unpaired) electrons. The Bertz CT molecular complexity index is 1100. The Labute approximate surface area is 193 Å². The third-order valence-electron chi connectivity index (χ3n) is 7.06. The lowest BCUT2D eigenvalue weighted by atomic mass is 9.61. The van der Waals surface area contributed by atoms with Gasteiger partial charge < -0.3 is 14.6 Å². The van der Waals surface area contributed by atoms with Crippen LogP contribution in [-0.2, 0) is 17.9 Å². The summed E-state index contributed by atoms with van der Waals surface area (Å²) in [6.07, 6.45) is 3.42. The van der Waals surface area contributed by atoms with Crippen LogP contribution in [-0.4, -0.2) is 34.0 Å². The number of fused-ring (bicyclic) bond motifs is 2. The molecule has 3 heterocycles. The first kappa shape index (κ1) is 20.4. The van der Waals surface area contributed by atoms with Crippen LogP contribution in [0.2, 0.25) is 0 Å². The van der Waals surface area contributed by atoms with E-state index in [-0.39, 0.29) is 18.4 Å². The predicted molar refractivity (Wildman–Crippen MR) is 122 cm³/mol. The molecule has 170 valence electrons. The molecule has 2 atom stereocenters. The summed E-state index contributed by atoms with van der Waals surface area (Å²) in [5.41, 5.74) is 2.14. The van der Waals surface area contributed by atoms with Gasteiger partial charge in [-0.1, -0.05) is 35.5 Å². The van der Waals surface area contributed by atoms with E-state index in [1.807, 2.05) is 24.3 Å². The summed E-state index contributed by atoms with van der Waals surface area (Å²) in [7, 11) is 0. The van der Waals surface area contributed by atoms with Crippen molar-refractivity contribution < 1.29 is 14.1 Å². The van der Waals surface area contributed by atoms with E-state index < -0.39 is 0 Å². The molecule has 33 heavy (non-hydrogen) atoms. The second kappa shape index (κ2) is 8.63. The van der Waals surface area contributed by atoms with E-state index in [2.05, 4.69) is 50.7 Å². The average molecular weight is 445 g/mol. The predicted octanol–water partition coefficient (Wildman–Crippen LogP) is 4.23. The van der Waals surface area contributed by atoms with Gasteiger partial charge in [-0.25, -0.2) is 0 Å². The lowest BCUT2D eigenvalue weighted by Crippen LogP contribution is -2.58. The number of anilines is 1. The Balaban J connectivity index is 0.988. The number of carbonyl (C=O) groups excluding carboxylic acids is 1. The topological polar surface area (TPSA) is 80.5 Å². The van der Waals surface area contributed by atoms with Gasteiger partial charge in [0.15, 0.2) is 6.61 Å². The zero-order valence-corrected chi connectivity index (χ0v) is 18.5. The van der Waals surface area contributed by atoms with Gasteiger partial charge in [-0.3, -0.25) is 9.69 Å². The molecule has 1 amide bonds. The smallest absolute Gasteiger partial charge is 0.229 e. The first-order valence-electron chi connectivity index (χ1n) is 11.8. The normalized spacial score (nSPS) is 24.2. The maximum absolute atomic E-state index is 12.9. The molecule has 4 aliphatic rings. The van der Waals surface area contributed by atoms with Gasteiger partial charge >= 0.3 is 0 Å². The molecular weight excluding hydrogens is 416 g/mol. The van der Waals surface area contributed by atoms with E-state index >= 15 is 0 Å². The van der Waals surface area contributed by atoms with Gasteiger partial charge in [-0.05, 0) is 60.9 Å². The minimum Gasteiger partial charge on any atom is -0.485 e. The van der Waals surface area contributed by atoms with Crippen molar-refractivity contribution in [3.63, 3.8) is 0 Å². The van der Waals surface area contributed by atoms with Crippen molar-refractivity contribution in [1.82, 2.24) is 15.0 Å². The van der Waals surface area contributed by atoms with Crippen molar-refractivity contribution in [2.45, 2.75) is 38.3 Å². The number of carbonyl (C=O) groups is 1. The SMILES string of the molecule is O=C(Nc1ccc(OCc2noc(C3CC3)n2)cc1)C1[C@H]2C[C@H]1CN(Cc1ccccc1)C2. The summed E-state index contributed by atoms with van der Waals surface area (Å²) in [6.45, 7) is 3.23. The molecule has 0 spiro atoms. The standard InChI is InChI=1S/C26H28N4O3/c31-25(24-19-12-20(24)15-30(14-19)13-17-4-2-1-3-5-17)27-21-8-10-22(11-9-21)32-16-23-28-26(33-29-23)18-6-7-18/h1-5,8-11,18-20,24H,6-7,12-16H2,(H,27,31)/t19-,20-/m0/s1. The van der Waals surface area contributed by atoms with Gasteiger partial charge in [0.05, 0.1) is 0 Å². The number of ether oxygens (including phenoxy) is 1. The van der Waals surface area contributed by atoms with E-state index in [4.69, 9.17) is 9.26 Å². The molecule has 0 unspecified atom stereocenters. The summed E-state index contributed by atoms with van der Waals surface area (Å²) in [6, 6.07) is 18.1. The van der Waals surface area contributed by atoms with Crippen molar-refractivity contribution in [1.29, 1.82) is 0 Å². The molecule has 2 saturated carbocycles. The van der Waals surface area contributed by atoms with Crippen LogP contribution < -0.4 is 10.1 Å².